The molecular formula is C18H18N4OS. The summed E-state index contributed by atoms with van der Waals surface area (Å²) >= 11 is 1.31. The van der Waals surface area contributed by atoms with Crippen molar-refractivity contribution in [1.29, 1.82) is 0 Å². The number of anilines is 1. The lowest BCUT2D eigenvalue weighted by atomic mass is 10.1. The van der Waals surface area contributed by atoms with Gasteiger partial charge in [0.1, 0.15) is 0 Å². The first-order chi connectivity index (χ1) is 11.6. The number of carbonyl (C=O) groups is 1. The Balaban J connectivity index is 1.59. The zero-order chi connectivity index (χ0) is 16.9. The molecule has 3 aromatic rings. The Bertz CT molecular complexity index is 845. The summed E-state index contributed by atoms with van der Waals surface area (Å²) in [5.41, 5.74) is 4.05. The Kier molecular flexibility index (Phi) is 4.96. The van der Waals surface area contributed by atoms with E-state index in [1.165, 1.54) is 11.8 Å². The molecule has 0 atom stereocenters. The Hall–Kier alpha value is -2.60. The number of benzene rings is 2. The molecule has 122 valence electrons. The van der Waals surface area contributed by atoms with Crippen LogP contribution in [-0.4, -0.2) is 26.8 Å². The highest BCUT2D eigenvalue weighted by Gasteiger charge is 2.10. The fourth-order valence-corrected chi connectivity index (χ4v) is 2.84. The molecule has 0 aliphatic heterocycles. The lowest BCUT2D eigenvalue weighted by Crippen LogP contribution is -2.15. The summed E-state index contributed by atoms with van der Waals surface area (Å²) in [6.45, 7) is 4.03. The Labute approximate surface area is 144 Å². The fraction of sp³-hybridized carbons (Fsp3) is 0.167. The van der Waals surface area contributed by atoms with Gasteiger partial charge in [-0.3, -0.25) is 9.89 Å². The number of thioether (sulfide) groups is 1. The molecule has 3 rings (SSSR count). The van der Waals surface area contributed by atoms with Crippen LogP contribution in [0.4, 0.5) is 5.69 Å². The molecule has 0 spiro atoms. The largest absolute Gasteiger partial charge is 0.325 e. The van der Waals surface area contributed by atoms with Crippen LogP contribution in [0.3, 0.4) is 0 Å². The first-order valence-electron chi connectivity index (χ1n) is 7.60. The van der Waals surface area contributed by atoms with Crippen LogP contribution in [0, 0.1) is 13.8 Å². The summed E-state index contributed by atoms with van der Waals surface area (Å²) in [7, 11) is 0. The highest BCUT2D eigenvalue weighted by atomic mass is 32.2. The van der Waals surface area contributed by atoms with Gasteiger partial charge >= 0.3 is 0 Å². The van der Waals surface area contributed by atoms with Crippen molar-refractivity contribution in [2.75, 3.05) is 11.1 Å². The van der Waals surface area contributed by atoms with Crippen LogP contribution < -0.4 is 5.32 Å². The van der Waals surface area contributed by atoms with Gasteiger partial charge < -0.3 is 5.32 Å². The van der Waals surface area contributed by atoms with Crippen molar-refractivity contribution in [1.82, 2.24) is 15.2 Å². The number of aromatic amines is 1. The van der Waals surface area contributed by atoms with Crippen molar-refractivity contribution in [3.05, 3.63) is 59.7 Å². The standard InChI is InChI=1S/C18H18N4OS/c1-12-7-6-10-15(13(12)2)19-16(23)11-24-18-20-17(21-22-18)14-8-4-3-5-9-14/h3-10H,11H2,1-2H3,(H,19,23)(H,20,21,22). The van der Waals surface area contributed by atoms with Crippen molar-refractivity contribution < 1.29 is 4.79 Å². The molecule has 5 nitrogen and oxygen atoms in total. The van der Waals surface area contributed by atoms with Gasteiger partial charge in [0, 0.05) is 11.3 Å². The molecule has 2 N–H and O–H groups in total. The van der Waals surface area contributed by atoms with E-state index in [0.29, 0.717) is 11.0 Å². The molecule has 1 aromatic heterocycles. The van der Waals surface area contributed by atoms with Crippen LogP contribution in [0.5, 0.6) is 0 Å². The van der Waals surface area contributed by atoms with E-state index in [1.807, 2.05) is 62.4 Å². The minimum Gasteiger partial charge on any atom is -0.325 e. The predicted octanol–water partition coefficient (Wildman–Crippen LogP) is 3.82. The molecule has 1 amide bonds. The summed E-state index contributed by atoms with van der Waals surface area (Å²) in [4.78, 5) is 16.5. The summed E-state index contributed by atoms with van der Waals surface area (Å²) in [6.07, 6.45) is 0. The molecular weight excluding hydrogens is 320 g/mol. The van der Waals surface area contributed by atoms with E-state index in [-0.39, 0.29) is 11.7 Å². The highest BCUT2D eigenvalue weighted by molar-refractivity contribution is 7.99. The van der Waals surface area contributed by atoms with Gasteiger partial charge in [-0.1, -0.05) is 54.2 Å². The Morgan fingerprint density at radius 2 is 1.92 bits per heavy atom. The molecule has 0 saturated heterocycles. The average Bonchev–Trinajstić information content (AvgIpc) is 3.07. The molecule has 1 heterocycles. The van der Waals surface area contributed by atoms with E-state index in [4.69, 9.17) is 0 Å². The number of amides is 1. The molecule has 0 aliphatic rings. The van der Waals surface area contributed by atoms with Crippen molar-refractivity contribution >= 4 is 23.4 Å². The zero-order valence-electron chi connectivity index (χ0n) is 13.5. The number of aromatic nitrogens is 3. The molecule has 6 heteroatoms. The van der Waals surface area contributed by atoms with E-state index in [1.54, 1.807) is 0 Å². The second kappa shape index (κ2) is 7.31. The summed E-state index contributed by atoms with van der Waals surface area (Å²) in [6, 6.07) is 15.6. The van der Waals surface area contributed by atoms with E-state index < -0.39 is 0 Å². The van der Waals surface area contributed by atoms with Gasteiger partial charge in [0.2, 0.25) is 11.1 Å². The maximum Gasteiger partial charge on any atom is 0.234 e. The summed E-state index contributed by atoms with van der Waals surface area (Å²) in [5, 5.41) is 10.5. The maximum absolute atomic E-state index is 12.1. The second-order valence-electron chi connectivity index (χ2n) is 5.42. The zero-order valence-corrected chi connectivity index (χ0v) is 14.4. The number of H-pyrrole nitrogens is 1. The Morgan fingerprint density at radius 1 is 1.12 bits per heavy atom. The number of carbonyl (C=O) groups excluding carboxylic acids is 1. The fourth-order valence-electron chi connectivity index (χ4n) is 2.24. The smallest absolute Gasteiger partial charge is 0.234 e. The van der Waals surface area contributed by atoms with E-state index in [9.17, 15) is 4.79 Å². The van der Waals surface area contributed by atoms with Crippen LogP contribution in [-0.2, 0) is 4.79 Å². The molecule has 0 bridgehead atoms. The van der Waals surface area contributed by atoms with Gasteiger partial charge in [0.15, 0.2) is 5.82 Å². The monoisotopic (exact) mass is 338 g/mol. The topological polar surface area (TPSA) is 70.7 Å². The SMILES string of the molecule is Cc1cccc(NC(=O)CSc2n[nH]c(-c3ccccc3)n2)c1C. The van der Waals surface area contributed by atoms with Gasteiger partial charge in [0.25, 0.3) is 0 Å². The Morgan fingerprint density at radius 3 is 2.71 bits per heavy atom. The molecule has 0 fully saturated rings. The van der Waals surface area contributed by atoms with Gasteiger partial charge in [-0.2, -0.15) is 0 Å². The second-order valence-corrected chi connectivity index (χ2v) is 6.36. The average molecular weight is 338 g/mol. The molecule has 0 saturated carbocycles. The number of aryl methyl sites for hydroxylation is 1. The van der Waals surface area contributed by atoms with E-state index in [2.05, 4.69) is 20.5 Å². The number of hydrogen-bond acceptors (Lipinski definition) is 4. The van der Waals surface area contributed by atoms with Crippen LogP contribution >= 0.6 is 11.8 Å². The highest BCUT2D eigenvalue weighted by Crippen LogP contribution is 2.21. The lowest BCUT2D eigenvalue weighted by molar-refractivity contribution is -0.113. The summed E-state index contributed by atoms with van der Waals surface area (Å²) in [5.74, 6) is 0.896. The number of nitrogens with zero attached hydrogens (tertiary/aromatic N) is 2. The van der Waals surface area contributed by atoms with Crippen LogP contribution in [0.25, 0.3) is 11.4 Å². The van der Waals surface area contributed by atoms with E-state index >= 15 is 0 Å². The lowest BCUT2D eigenvalue weighted by Gasteiger charge is -2.09. The third-order valence-corrected chi connectivity index (χ3v) is 4.57. The minimum atomic E-state index is -0.0697. The summed E-state index contributed by atoms with van der Waals surface area (Å²) < 4.78 is 0. The van der Waals surface area contributed by atoms with Crippen molar-refractivity contribution in [2.24, 2.45) is 0 Å². The number of rotatable bonds is 5. The first-order valence-corrected chi connectivity index (χ1v) is 8.59. The van der Waals surface area contributed by atoms with Crippen LogP contribution in [0.1, 0.15) is 11.1 Å². The molecule has 2 aromatic carbocycles. The van der Waals surface area contributed by atoms with Crippen molar-refractivity contribution in [3.63, 3.8) is 0 Å². The predicted molar refractivity (Wildman–Crippen MR) is 97.1 cm³/mol. The molecule has 24 heavy (non-hydrogen) atoms. The van der Waals surface area contributed by atoms with Gasteiger partial charge in [-0.25, -0.2) is 4.98 Å². The van der Waals surface area contributed by atoms with Gasteiger partial charge in [0.05, 0.1) is 5.75 Å². The van der Waals surface area contributed by atoms with E-state index in [0.717, 1.165) is 22.4 Å². The van der Waals surface area contributed by atoms with Crippen molar-refractivity contribution in [3.8, 4) is 11.4 Å². The molecule has 0 radical (unpaired) electrons. The van der Waals surface area contributed by atoms with Crippen LogP contribution in [0.15, 0.2) is 53.7 Å². The van der Waals surface area contributed by atoms with Gasteiger partial charge in [-0.15, -0.1) is 5.10 Å². The number of nitrogens with one attached hydrogen (secondary N) is 2. The molecule has 0 aliphatic carbocycles. The third-order valence-electron chi connectivity index (χ3n) is 3.72. The van der Waals surface area contributed by atoms with Gasteiger partial charge in [-0.05, 0) is 31.0 Å². The van der Waals surface area contributed by atoms with Crippen LogP contribution in [0.2, 0.25) is 0 Å². The third kappa shape index (κ3) is 3.83. The number of hydrogen-bond donors (Lipinski definition) is 2. The quantitative estimate of drug-likeness (QED) is 0.694. The first kappa shape index (κ1) is 16.3. The van der Waals surface area contributed by atoms with Crippen molar-refractivity contribution in [2.45, 2.75) is 19.0 Å². The normalized spacial score (nSPS) is 10.6. The minimum absolute atomic E-state index is 0.0697. The maximum atomic E-state index is 12.1. The molecule has 0 unspecified atom stereocenters.